The van der Waals surface area contributed by atoms with Gasteiger partial charge in [-0.05, 0) is 12.5 Å². The van der Waals surface area contributed by atoms with Crippen molar-refractivity contribution in [3.8, 4) is 0 Å². The van der Waals surface area contributed by atoms with Gasteiger partial charge in [0.2, 0.25) is 0 Å². The van der Waals surface area contributed by atoms with Crippen LogP contribution in [0.1, 0.15) is 11.1 Å². The first-order valence-corrected chi connectivity index (χ1v) is 4.12. The summed E-state index contributed by atoms with van der Waals surface area (Å²) in [5, 5.41) is 0. The van der Waals surface area contributed by atoms with Gasteiger partial charge in [0, 0.05) is 13.0 Å². The van der Waals surface area contributed by atoms with Crippen LogP contribution >= 0.6 is 12.4 Å². The SMILES string of the molecule is Cc1ccc(CC(F)CN)cc1.Cl. The standard InChI is InChI=1S/C10H14FN.ClH/c1-8-2-4-9(5-3-8)6-10(11)7-12;/h2-5,10H,6-7,12H2,1H3;1H. The van der Waals surface area contributed by atoms with E-state index in [1.807, 2.05) is 31.2 Å². The molecule has 0 amide bonds. The minimum atomic E-state index is -0.910. The monoisotopic (exact) mass is 203 g/mol. The number of halogens is 2. The molecule has 0 bridgehead atoms. The molecule has 0 aromatic heterocycles. The van der Waals surface area contributed by atoms with Crippen LogP contribution < -0.4 is 5.73 Å². The smallest absolute Gasteiger partial charge is 0.116 e. The van der Waals surface area contributed by atoms with Gasteiger partial charge in [0.15, 0.2) is 0 Å². The Morgan fingerprint density at radius 1 is 1.31 bits per heavy atom. The Labute approximate surface area is 84.5 Å². The van der Waals surface area contributed by atoms with E-state index in [4.69, 9.17) is 5.73 Å². The third kappa shape index (κ3) is 4.25. The molecule has 2 N–H and O–H groups in total. The molecule has 0 saturated heterocycles. The largest absolute Gasteiger partial charge is 0.328 e. The van der Waals surface area contributed by atoms with E-state index in [1.165, 1.54) is 5.56 Å². The quantitative estimate of drug-likeness (QED) is 0.802. The molecule has 1 nitrogen and oxygen atoms in total. The van der Waals surface area contributed by atoms with Gasteiger partial charge in [0.1, 0.15) is 6.17 Å². The number of benzene rings is 1. The van der Waals surface area contributed by atoms with Gasteiger partial charge >= 0.3 is 0 Å². The number of aryl methyl sites for hydroxylation is 1. The van der Waals surface area contributed by atoms with Crippen LogP contribution in [0, 0.1) is 6.92 Å². The Morgan fingerprint density at radius 3 is 2.31 bits per heavy atom. The summed E-state index contributed by atoms with van der Waals surface area (Å²) in [5.41, 5.74) is 7.38. The third-order valence-electron chi connectivity index (χ3n) is 1.83. The second kappa shape index (κ2) is 5.95. The summed E-state index contributed by atoms with van der Waals surface area (Å²) < 4.78 is 12.8. The van der Waals surface area contributed by atoms with Crippen molar-refractivity contribution in [3.63, 3.8) is 0 Å². The van der Waals surface area contributed by atoms with Crippen LogP contribution in [0.15, 0.2) is 24.3 Å². The Morgan fingerprint density at radius 2 is 1.85 bits per heavy atom. The Hall–Kier alpha value is -0.600. The molecule has 1 atom stereocenters. The summed E-state index contributed by atoms with van der Waals surface area (Å²) >= 11 is 0. The topological polar surface area (TPSA) is 26.0 Å². The van der Waals surface area contributed by atoms with Crippen molar-refractivity contribution in [2.24, 2.45) is 5.73 Å². The molecule has 0 fully saturated rings. The molecule has 3 heteroatoms. The lowest BCUT2D eigenvalue weighted by Gasteiger charge is -2.04. The molecular weight excluding hydrogens is 189 g/mol. The first-order valence-electron chi connectivity index (χ1n) is 4.12. The van der Waals surface area contributed by atoms with E-state index in [1.54, 1.807) is 0 Å². The van der Waals surface area contributed by atoms with Gasteiger partial charge in [-0.25, -0.2) is 4.39 Å². The minimum Gasteiger partial charge on any atom is -0.328 e. The van der Waals surface area contributed by atoms with Gasteiger partial charge in [-0.1, -0.05) is 29.8 Å². The number of hydrogen-bond acceptors (Lipinski definition) is 1. The average molecular weight is 204 g/mol. The predicted octanol–water partition coefficient (Wildman–Crippen LogP) is 2.26. The lowest BCUT2D eigenvalue weighted by molar-refractivity contribution is 0.340. The fraction of sp³-hybridized carbons (Fsp3) is 0.400. The van der Waals surface area contributed by atoms with Crippen LogP contribution in [0.5, 0.6) is 0 Å². The lowest BCUT2D eigenvalue weighted by Crippen LogP contribution is -2.17. The molecule has 1 rings (SSSR count). The van der Waals surface area contributed by atoms with Crippen molar-refractivity contribution >= 4 is 12.4 Å². The van der Waals surface area contributed by atoms with E-state index in [-0.39, 0.29) is 19.0 Å². The van der Waals surface area contributed by atoms with Gasteiger partial charge in [-0.15, -0.1) is 12.4 Å². The van der Waals surface area contributed by atoms with Crippen LogP contribution in [0.3, 0.4) is 0 Å². The first kappa shape index (κ1) is 12.4. The van der Waals surface area contributed by atoms with E-state index < -0.39 is 6.17 Å². The predicted molar refractivity (Wildman–Crippen MR) is 56.1 cm³/mol. The van der Waals surface area contributed by atoms with E-state index in [0.29, 0.717) is 6.42 Å². The Kier molecular flexibility index (Phi) is 5.67. The van der Waals surface area contributed by atoms with E-state index in [0.717, 1.165) is 5.56 Å². The molecule has 1 aromatic carbocycles. The van der Waals surface area contributed by atoms with Crippen LogP contribution in [0.2, 0.25) is 0 Å². The van der Waals surface area contributed by atoms with Crippen LogP contribution in [0.4, 0.5) is 4.39 Å². The zero-order valence-electron chi connectivity index (χ0n) is 7.66. The molecule has 1 aromatic rings. The highest BCUT2D eigenvalue weighted by atomic mass is 35.5. The maximum Gasteiger partial charge on any atom is 0.116 e. The highest BCUT2D eigenvalue weighted by Crippen LogP contribution is 2.07. The molecule has 0 spiro atoms. The molecule has 1 unspecified atom stereocenters. The fourth-order valence-electron chi connectivity index (χ4n) is 1.06. The lowest BCUT2D eigenvalue weighted by atomic mass is 10.1. The zero-order chi connectivity index (χ0) is 8.97. The first-order chi connectivity index (χ1) is 5.72. The van der Waals surface area contributed by atoms with Gasteiger partial charge in [-0.2, -0.15) is 0 Å². The van der Waals surface area contributed by atoms with Crippen molar-refractivity contribution < 1.29 is 4.39 Å². The summed E-state index contributed by atoms with van der Waals surface area (Å²) in [5.74, 6) is 0. The molecule has 0 aliphatic carbocycles. The van der Waals surface area contributed by atoms with E-state index >= 15 is 0 Å². The van der Waals surface area contributed by atoms with Crippen LogP contribution in [-0.2, 0) is 6.42 Å². The number of hydrogen-bond donors (Lipinski definition) is 1. The summed E-state index contributed by atoms with van der Waals surface area (Å²) in [6, 6.07) is 7.85. The maximum absolute atomic E-state index is 12.8. The van der Waals surface area contributed by atoms with Crippen molar-refractivity contribution in [2.75, 3.05) is 6.54 Å². The molecular formula is C10H15ClFN. The van der Waals surface area contributed by atoms with Crippen molar-refractivity contribution in [1.82, 2.24) is 0 Å². The van der Waals surface area contributed by atoms with Gasteiger partial charge in [0.05, 0.1) is 0 Å². The zero-order valence-corrected chi connectivity index (χ0v) is 8.48. The maximum atomic E-state index is 12.8. The molecule has 0 aliphatic rings. The highest BCUT2D eigenvalue weighted by molar-refractivity contribution is 5.85. The van der Waals surface area contributed by atoms with E-state index in [2.05, 4.69) is 0 Å². The summed E-state index contributed by atoms with van der Waals surface area (Å²) in [4.78, 5) is 0. The van der Waals surface area contributed by atoms with E-state index in [9.17, 15) is 4.39 Å². The van der Waals surface area contributed by atoms with Gasteiger partial charge in [0.25, 0.3) is 0 Å². The molecule has 0 aliphatic heterocycles. The fourth-order valence-corrected chi connectivity index (χ4v) is 1.06. The Balaban J connectivity index is 0.00000144. The van der Waals surface area contributed by atoms with Crippen LogP contribution in [0.25, 0.3) is 0 Å². The molecule has 13 heavy (non-hydrogen) atoms. The molecule has 0 heterocycles. The van der Waals surface area contributed by atoms with Gasteiger partial charge in [-0.3, -0.25) is 0 Å². The minimum absolute atomic E-state index is 0. The average Bonchev–Trinajstić information content (AvgIpc) is 2.09. The second-order valence-corrected chi connectivity index (χ2v) is 3.02. The normalized spacial score (nSPS) is 11.9. The molecule has 0 radical (unpaired) electrons. The third-order valence-corrected chi connectivity index (χ3v) is 1.83. The molecule has 0 saturated carbocycles. The van der Waals surface area contributed by atoms with Gasteiger partial charge < -0.3 is 5.73 Å². The number of rotatable bonds is 3. The van der Waals surface area contributed by atoms with Crippen molar-refractivity contribution in [2.45, 2.75) is 19.5 Å². The number of nitrogens with two attached hydrogens (primary N) is 1. The second-order valence-electron chi connectivity index (χ2n) is 3.02. The molecule has 74 valence electrons. The number of alkyl halides is 1. The summed E-state index contributed by atoms with van der Waals surface area (Å²) in [6.45, 7) is 2.12. The Bertz CT molecular complexity index is 235. The summed E-state index contributed by atoms with van der Waals surface area (Å²) in [6.07, 6.45) is -0.482. The highest BCUT2D eigenvalue weighted by Gasteiger charge is 2.03. The van der Waals surface area contributed by atoms with Crippen molar-refractivity contribution in [1.29, 1.82) is 0 Å². The van der Waals surface area contributed by atoms with Crippen molar-refractivity contribution in [3.05, 3.63) is 35.4 Å². The van der Waals surface area contributed by atoms with Crippen LogP contribution in [-0.4, -0.2) is 12.7 Å². The summed E-state index contributed by atoms with van der Waals surface area (Å²) in [7, 11) is 0.